The summed E-state index contributed by atoms with van der Waals surface area (Å²) in [6.07, 6.45) is 5.46. The lowest BCUT2D eigenvalue weighted by Crippen LogP contribution is -2.60. The number of unbranched alkanes of at least 4 members (excludes halogenated alkanes) is 7. The first-order chi connectivity index (χ1) is 9.51. The minimum absolute atomic E-state index is 0.147. The molecular weight excluding hydrogens is 260 g/mol. The van der Waals surface area contributed by atoms with Crippen LogP contribution in [-0.4, -0.2) is 51.1 Å². The van der Waals surface area contributed by atoms with Crippen LogP contribution in [0.15, 0.2) is 0 Å². The Hall–Kier alpha value is -0.200. The Morgan fingerprint density at radius 2 is 1.50 bits per heavy atom. The van der Waals surface area contributed by atoms with E-state index >= 15 is 0 Å². The number of aliphatic hydroxyl groups is 4. The fraction of sp³-hybridized carbons (Fsp3) is 1.00. The zero-order valence-electron chi connectivity index (χ0n) is 12.5. The zero-order valence-corrected chi connectivity index (χ0v) is 12.5. The average molecular weight is 290 g/mol. The maximum atomic E-state index is 10.2. The molecule has 1 rings (SSSR count). The topological polar surface area (TPSA) is 90.2 Å². The van der Waals surface area contributed by atoms with Gasteiger partial charge in [0.2, 0.25) is 0 Å². The molecule has 1 saturated heterocycles. The first kappa shape index (κ1) is 17.9. The molecule has 0 spiro atoms. The smallest absolute Gasteiger partial charge is 0.194 e. The summed E-state index contributed by atoms with van der Waals surface area (Å²) < 4.78 is 5.12. The summed E-state index contributed by atoms with van der Waals surface area (Å²) in [7, 11) is 0. The van der Waals surface area contributed by atoms with Gasteiger partial charge in [0.15, 0.2) is 5.79 Å². The van der Waals surface area contributed by atoms with Gasteiger partial charge in [-0.05, 0) is 6.42 Å². The minimum atomic E-state index is -1.72. The Bertz CT molecular complexity index is 261. The summed E-state index contributed by atoms with van der Waals surface area (Å²) in [5.41, 5.74) is 0. The molecule has 1 aliphatic heterocycles. The molecule has 0 aromatic heterocycles. The lowest BCUT2D eigenvalue weighted by molar-refractivity contribution is -0.323. The molecule has 120 valence electrons. The van der Waals surface area contributed by atoms with E-state index in [9.17, 15) is 20.4 Å². The first-order valence-corrected chi connectivity index (χ1v) is 7.92. The van der Waals surface area contributed by atoms with E-state index in [1.807, 2.05) is 0 Å². The van der Waals surface area contributed by atoms with E-state index in [2.05, 4.69) is 6.92 Å². The van der Waals surface area contributed by atoms with Gasteiger partial charge in [0, 0.05) is 6.42 Å². The quantitative estimate of drug-likeness (QED) is 0.481. The van der Waals surface area contributed by atoms with Crippen molar-refractivity contribution in [1.82, 2.24) is 0 Å². The maximum absolute atomic E-state index is 10.2. The van der Waals surface area contributed by atoms with Crippen molar-refractivity contribution in [3.8, 4) is 0 Å². The lowest BCUT2D eigenvalue weighted by Gasteiger charge is -2.41. The van der Waals surface area contributed by atoms with Gasteiger partial charge in [0.05, 0.1) is 6.61 Å². The first-order valence-electron chi connectivity index (χ1n) is 7.92. The van der Waals surface area contributed by atoms with Crippen LogP contribution in [0.1, 0.15) is 64.7 Å². The highest BCUT2D eigenvalue weighted by molar-refractivity contribution is 4.91. The van der Waals surface area contributed by atoms with Crippen LogP contribution in [0.5, 0.6) is 0 Å². The zero-order chi connectivity index (χ0) is 15.0. The molecule has 0 amide bonds. The third-order valence-electron chi connectivity index (χ3n) is 4.07. The Balaban J connectivity index is 2.14. The predicted molar refractivity (Wildman–Crippen MR) is 76.1 cm³/mol. The van der Waals surface area contributed by atoms with Gasteiger partial charge in [0.1, 0.15) is 18.3 Å². The van der Waals surface area contributed by atoms with Crippen LogP contribution in [0.2, 0.25) is 0 Å². The van der Waals surface area contributed by atoms with E-state index < -0.39 is 24.1 Å². The monoisotopic (exact) mass is 290 g/mol. The lowest BCUT2D eigenvalue weighted by atomic mass is 9.92. The molecule has 0 aromatic carbocycles. The van der Waals surface area contributed by atoms with E-state index in [1.54, 1.807) is 0 Å². The average Bonchev–Trinajstić information content (AvgIpc) is 2.44. The molecule has 0 unspecified atom stereocenters. The van der Waals surface area contributed by atoms with E-state index in [1.165, 1.54) is 32.1 Å². The Morgan fingerprint density at radius 3 is 2.10 bits per heavy atom. The van der Waals surface area contributed by atoms with Crippen molar-refractivity contribution in [1.29, 1.82) is 0 Å². The summed E-state index contributed by atoms with van der Waals surface area (Å²) >= 11 is 0. The summed E-state index contributed by atoms with van der Waals surface area (Å²) in [6.45, 7) is 2.05. The molecule has 1 heterocycles. The van der Waals surface area contributed by atoms with Crippen molar-refractivity contribution >= 4 is 0 Å². The molecule has 0 saturated carbocycles. The van der Waals surface area contributed by atoms with Crippen LogP contribution in [0.3, 0.4) is 0 Å². The second kappa shape index (κ2) is 8.95. The normalized spacial score (nSPS) is 34.4. The summed E-state index contributed by atoms with van der Waals surface area (Å²) in [4.78, 5) is 0. The molecule has 5 nitrogen and oxygen atoms in total. The molecule has 4 N–H and O–H groups in total. The maximum Gasteiger partial charge on any atom is 0.194 e. The molecule has 20 heavy (non-hydrogen) atoms. The highest BCUT2D eigenvalue weighted by Crippen LogP contribution is 2.29. The Labute approximate surface area is 121 Å². The Kier molecular flexibility index (Phi) is 7.99. The predicted octanol–water partition coefficient (Wildman–Crippen LogP) is 1.32. The number of ether oxygens (including phenoxy) is 1. The molecule has 1 fully saturated rings. The summed E-state index contributed by atoms with van der Waals surface area (Å²) in [5, 5.41) is 38.9. The van der Waals surface area contributed by atoms with E-state index in [4.69, 9.17) is 4.74 Å². The van der Waals surface area contributed by atoms with Gasteiger partial charge in [-0.15, -0.1) is 0 Å². The van der Waals surface area contributed by atoms with Crippen molar-refractivity contribution in [3.05, 3.63) is 0 Å². The van der Waals surface area contributed by atoms with Crippen molar-refractivity contribution in [3.63, 3.8) is 0 Å². The molecule has 5 heteroatoms. The van der Waals surface area contributed by atoms with Crippen LogP contribution in [0.25, 0.3) is 0 Å². The third kappa shape index (κ3) is 5.30. The van der Waals surface area contributed by atoms with Crippen LogP contribution in [0, 0.1) is 0 Å². The highest BCUT2D eigenvalue weighted by atomic mass is 16.6. The number of hydrogen-bond donors (Lipinski definition) is 4. The van der Waals surface area contributed by atoms with Crippen molar-refractivity contribution in [2.45, 2.75) is 88.8 Å². The largest absolute Gasteiger partial charge is 0.388 e. The van der Waals surface area contributed by atoms with Gasteiger partial charge >= 0.3 is 0 Å². The van der Waals surface area contributed by atoms with Gasteiger partial charge in [0.25, 0.3) is 0 Å². The number of hydrogen-bond acceptors (Lipinski definition) is 5. The van der Waals surface area contributed by atoms with Crippen molar-refractivity contribution in [2.24, 2.45) is 0 Å². The van der Waals surface area contributed by atoms with Crippen LogP contribution in [-0.2, 0) is 4.74 Å². The van der Waals surface area contributed by atoms with Gasteiger partial charge < -0.3 is 25.2 Å². The van der Waals surface area contributed by atoms with E-state index in [-0.39, 0.29) is 13.0 Å². The molecule has 0 aromatic rings. The van der Waals surface area contributed by atoms with Crippen molar-refractivity contribution < 1.29 is 25.2 Å². The Morgan fingerprint density at radius 1 is 0.950 bits per heavy atom. The van der Waals surface area contributed by atoms with Gasteiger partial charge in [-0.2, -0.15) is 0 Å². The molecule has 1 aliphatic rings. The molecule has 0 radical (unpaired) electrons. The van der Waals surface area contributed by atoms with Crippen molar-refractivity contribution in [2.75, 3.05) is 6.61 Å². The van der Waals surface area contributed by atoms with Gasteiger partial charge in [-0.1, -0.05) is 51.9 Å². The number of rotatable bonds is 9. The van der Waals surface area contributed by atoms with E-state index in [0.717, 1.165) is 19.3 Å². The van der Waals surface area contributed by atoms with Gasteiger partial charge in [-0.25, -0.2) is 0 Å². The third-order valence-corrected chi connectivity index (χ3v) is 4.07. The molecule has 0 aliphatic carbocycles. The summed E-state index contributed by atoms with van der Waals surface area (Å²) in [5.74, 6) is -1.72. The van der Waals surface area contributed by atoms with Crippen LogP contribution < -0.4 is 0 Å². The number of aliphatic hydroxyl groups excluding tert-OH is 3. The minimum Gasteiger partial charge on any atom is -0.388 e. The fourth-order valence-electron chi connectivity index (χ4n) is 2.62. The molecule has 0 bridgehead atoms. The second-order valence-electron chi connectivity index (χ2n) is 5.88. The van der Waals surface area contributed by atoms with Crippen LogP contribution >= 0.6 is 0 Å². The fourth-order valence-corrected chi connectivity index (χ4v) is 2.62. The summed E-state index contributed by atoms with van der Waals surface area (Å²) in [6, 6.07) is 0. The molecular formula is C15H30O5. The van der Waals surface area contributed by atoms with Gasteiger partial charge in [-0.3, -0.25) is 0 Å². The highest BCUT2D eigenvalue weighted by Gasteiger charge is 2.47. The van der Waals surface area contributed by atoms with Crippen LogP contribution in [0.4, 0.5) is 0 Å². The standard InChI is InChI=1S/C15H30O5/c1-2-3-4-5-6-7-8-9-10-15(19)14(18)13(17)12(16)11-20-15/h12-14,16-19H,2-11H2,1H3/t12-,13+,14+,15+/m1/s1. The second-order valence-corrected chi connectivity index (χ2v) is 5.88. The molecule has 4 atom stereocenters. The van der Waals surface area contributed by atoms with E-state index in [0.29, 0.717) is 0 Å². The SMILES string of the molecule is CCCCCCCCCC[C@]1(O)OC[C@@H](O)[C@H](O)[C@@H]1O.